The van der Waals surface area contributed by atoms with Crippen LogP contribution < -0.4 is 5.32 Å². The van der Waals surface area contributed by atoms with Gasteiger partial charge in [-0.25, -0.2) is 0 Å². The summed E-state index contributed by atoms with van der Waals surface area (Å²) in [6, 6.07) is 13.5. The van der Waals surface area contributed by atoms with Crippen LogP contribution in [0, 0.1) is 0 Å². The van der Waals surface area contributed by atoms with E-state index in [0.29, 0.717) is 5.56 Å². The summed E-state index contributed by atoms with van der Waals surface area (Å²) in [4.78, 5) is 12.3. The molecule has 1 amide bonds. The van der Waals surface area contributed by atoms with Crippen LogP contribution in [-0.4, -0.2) is 23.2 Å². The quantitative estimate of drug-likeness (QED) is 0.864. The van der Waals surface area contributed by atoms with Gasteiger partial charge in [0.05, 0.1) is 12.1 Å². The van der Waals surface area contributed by atoms with E-state index in [4.69, 9.17) is 0 Å². The van der Waals surface area contributed by atoms with Crippen LogP contribution in [0.1, 0.15) is 23.2 Å². The predicted molar refractivity (Wildman–Crippen MR) is 70.5 cm³/mol. The van der Waals surface area contributed by atoms with Crippen molar-refractivity contribution in [2.75, 3.05) is 6.61 Å². The molecule has 0 spiro atoms. The van der Waals surface area contributed by atoms with Crippen molar-refractivity contribution in [3.63, 3.8) is 0 Å². The highest BCUT2D eigenvalue weighted by Gasteiger charge is 2.43. The van der Waals surface area contributed by atoms with E-state index >= 15 is 0 Å². The summed E-state index contributed by atoms with van der Waals surface area (Å²) in [5, 5.41) is 14.2. The van der Waals surface area contributed by atoms with Gasteiger partial charge in [-0.1, -0.05) is 36.4 Å². The van der Waals surface area contributed by atoms with Gasteiger partial charge in [0.1, 0.15) is 0 Å². The Kier molecular flexibility index (Phi) is 2.56. The molecule has 1 saturated carbocycles. The van der Waals surface area contributed by atoms with Crippen molar-refractivity contribution < 1.29 is 9.90 Å². The van der Waals surface area contributed by atoms with Gasteiger partial charge in [0, 0.05) is 5.56 Å². The smallest absolute Gasteiger partial charge is 0.252 e. The van der Waals surface area contributed by atoms with Crippen molar-refractivity contribution >= 4 is 16.7 Å². The van der Waals surface area contributed by atoms with Crippen molar-refractivity contribution in [3.8, 4) is 0 Å². The van der Waals surface area contributed by atoms with Crippen LogP contribution in [0.2, 0.25) is 0 Å². The van der Waals surface area contributed by atoms with Gasteiger partial charge in [0.25, 0.3) is 5.91 Å². The van der Waals surface area contributed by atoms with Gasteiger partial charge in [-0.15, -0.1) is 0 Å². The Bertz CT molecular complexity index is 597. The van der Waals surface area contributed by atoms with E-state index in [1.807, 2.05) is 42.5 Å². The zero-order chi connectivity index (χ0) is 12.6. The molecule has 0 bridgehead atoms. The third kappa shape index (κ3) is 1.87. The molecule has 1 fully saturated rings. The monoisotopic (exact) mass is 241 g/mol. The Balaban J connectivity index is 1.96. The SMILES string of the molecule is O=C(NC1(CO)CC1)c1cccc2ccccc12. The van der Waals surface area contributed by atoms with Crippen LogP contribution in [-0.2, 0) is 0 Å². The fourth-order valence-corrected chi connectivity index (χ4v) is 2.21. The summed E-state index contributed by atoms with van der Waals surface area (Å²) >= 11 is 0. The van der Waals surface area contributed by atoms with Crippen molar-refractivity contribution in [1.29, 1.82) is 0 Å². The Labute approximate surface area is 105 Å². The van der Waals surface area contributed by atoms with E-state index < -0.39 is 0 Å². The van der Waals surface area contributed by atoms with Gasteiger partial charge in [-0.3, -0.25) is 4.79 Å². The fourth-order valence-electron chi connectivity index (χ4n) is 2.21. The molecule has 2 aromatic carbocycles. The van der Waals surface area contributed by atoms with E-state index in [0.717, 1.165) is 23.6 Å². The maximum atomic E-state index is 12.3. The van der Waals surface area contributed by atoms with Crippen LogP contribution in [0.3, 0.4) is 0 Å². The molecule has 0 radical (unpaired) electrons. The molecule has 3 nitrogen and oxygen atoms in total. The highest BCUT2D eigenvalue weighted by molar-refractivity contribution is 6.07. The molecule has 0 aliphatic heterocycles. The standard InChI is InChI=1S/C15H15NO2/c17-10-15(8-9-15)16-14(18)13-7-3-5-11-4-1-2-6-12(11)13/h1-7,17H,8-10H2,(H,16,18). The Morgan fingerprint density at radius 2 is 1.89 bits per heavy atom. The normalized spacial score (nSPS) is 16.5. The predicted octanol–water partition coefficient (Wildman–Crippen LogP) is 2.09. The number of aliphatic hydroxyl groups excluding tert-OH is 1. The maximum absolute atomic E-state index is 12.3. The number of fused-ring (bicyclic) bond motifs is 1. The molecule has 0 atom stereocenters. The Morgan fingerprint density at radius 1 is 1.17 bits per heavy atom. The van der Waals surface area contributed by atoms with Gasteiger partial charge < -0.3 is 10.4 Å². The summed E-state index contributed by atoms with van der Waals surface area (Å²) in [7, 11) is 0. The zero-order valence-electron chi connectivity index (χ0n) is 10.0. The maximum Gasteiger partial charge on any atom is 0.252 e. The van der Waals surface area contributed by atoms with Gasteiger partial charge in [-0.05, 0) is 29.7 Å². The number of aliphatic hydroxyl groups is 1. The van der Waals surface area contributed by atoms with Gasteiger partial charge in [0.2, 0.25) is 0 Å². The molecule has 0 heterocycles. The molecular formula is C15H15NO2. The second-order valence-corrected chi connectivity index (χ2v) is 4.92. The highest BCUT2D eigenvalue weighted by atomic mass is 16.3. The highest BCUT2D eigenvalue weighted by Crippen LogP contribution is 2.35. The van der Waals surface area contributed by atoms with Crippen molar-refractivity contribution in [3.05, 3.63) is 48.0 Å². The first-order chi connectivity index (χ1) is 8.74. The van der Waals surface area contributed by atoms with E-state index in [-0.39, 0.29) is 18.1 Å². The van der Waals surface area contributed by atoms with Crippen molar-refractivity contribution in [2.24, 2.45) is 0 Å². The van der Waals surface area contributed by atoms with Crippen LogP contribution >= 0.6 is 0 Å². The Hall–Kier alpha value is -1.87. The minimum absolute atomic E-state index is 0.0174. The first kappa shape index (κ1) is 11.2. The Morgan fingerprint density at radius 3 is 2.61 bits per heavy atom. The van der Waals surface area contributed by atoms with Gasteiger partial charge in [0.15, 0.2) is 0 Å². The second-order valence-electron chi connectivity index (χ2n) is 4.92. The van der Waals surface area contributed by atoms with E-state index in [1.165, 1.54) is 0 Å². The number of amides is 1. The number of carbonyl (C=O) groups is 1. The lowest BCUT2D eigenvalue weighted by Gasteiger charge is -2.15. The fraction of sp³-hybridized carbons (Fsp3) is 0.267. The van der Waals surface area contributed by atoms with E-state index in [2.05, 4.69) is 5.32 Å². The number of hydrogen-bond donors (Lipinski definition) is 2. The molecule has 3 rings (SSSR count). The minimum Gasteiger partial charge on any atom is -0.394 e. The second kappa shape index (κ2) is 4.10. The molecule has 92 valence electrons. The van der Waals surface area contributed by atoms with E-state index in [9.17, 15) is 9.90 Å². The van der Waals surface area contributed by atoms with Crippen molar-refractivity contribution in [2.45, 2.75) is 18.4 Å². The number of rotatable bonds is 3. The van der Waals surface area contributed by atoms with E-state index in [1.54, 1.807) is 0 Å². The number of nitrogens with one attached hydrogen (secondary N) is 1. The molecule has 18 heavy (non-hydrogen) atoms. The average Bonchev–Trinajstić information content (AvgIpc) is 3.18. The van der Waals surface area contributed by atoms with Crippen LogP contribution in [0.15, 0.2) is 42.5 Å². The number of benzene rings is 2. The minimum atomic E-state index is -0.367. The molecule has 1 aliphatic carbocycles. The molecule has 3 heteroatoms. The third-order valence-corrected chi connectivity index (χ3v) is 3.57. The van der Waals surface area contributed by atoms with Gasteiger partial charge >= 0.3 is 0 Å². The molecule has 2 N–H and O–H groups in total. The lowest BCUT2D eigenvalue weighted by molar-refractivity contribution is 0.0908. The van der Waals surface area contributed by atoms with Crippen LogP contribution in [0.25, 0.3) is 10.8 Å². The molecule has 0 unspecified atom stereocenters. The van der Waals surface area contributed by atoms with Crippen molar-refractivity contribution in [1.82, 2.24) is 5.32 Å². The molecule has 1 aliphatic rings. The number of hydrogen-bond acceptors (Lipinski definition) is 2. The summed E-state index contributed by atoms with van der Waals surface area (Å²) in [6.07, 6.45) is 1.72. The first-order valence-corrected chi connectivity index (χ1v) is 6.15. The largest absolute Gasteiger partial charge is 0.394 e. The lowest BCUT2D eigenvalue weighted by Crippen LogP contribution is -2.39. The zero-order valence-corrected chi connectivity index (χ0v) is 10.0. The third-order valence-electron chi connectivity index (χ3n) is 3.57. The topological polar surface area (TPSA) is 49.3 Å². The lowest BCUT2D eigenvalue weighted by atomic mass is 10.0. The first-order valence-electron chi connectivity index (χ1n) is 6.15. The average molecular weight is 241 g/mol. The van der Waals surface area contributed by atoms with Gasteiger partial charge in [-0.2, -0.15) is 0 Å². The molecule has 0 saturated heterocycles. The summed E-state index contributed by atoms with van der Waals surface area (Å²) < 4.78 is 0. The summed E-state index contributed by atoms with van der Waals surface area (Å²) in [6.45, 7) is 0.0174. The number of carbonyl (C=O) groups excluding carboxylic acids is 1. The summed E-state index contributed by atoms with van der Waals surface area (Å²) in [5.74, 6) is -0.0987. The summed E-state index contributed by atoms with van der Waals surface area (Å²) in [5.41, 5.74) is 0.307. The molecule has 0 aromatic heterocycles. The molecular weight excluding hydrogens is 226 g/mol. The van der Waals surface area contributed by atoms with Crippen LogP contribution in [0.4, 0.5) is 0 Å². The van der Waals surface area contributed by atoms with Crippen LogP contribution in [0.5, 0.6) is 0 Å². The molecule has 2 aromatic rings.